The summed E-state index contributed by atoms with van der Waals surface area (Å²) < 4.78 is 7.25. The number of halogens is 4. The van der Waals surface area contributed by atoms with E-state index in [1.807, 2.05) is 6.07 Å². The Labute approximate surface area is 148 Å². The van der Waals surface area contributed by atoms with E-state index < -0.39 is 0 Å². The van der Waals surface area contributed by atoms with Gasteiger partial charge < -0.3 is 9.94 Å². The van der Waals surface area contributed by atoms with Crippen LogP contribution >= 0.6 is 55.1 Å². The van der Waals surface area contributed by atoms with Gasteiger partial charge in [0.25, 0.3) is 0 Å². The molecule has 2 aromatic rings. The molecule has 0 amide bonds. The predicted molar refractivity (Wildman–Crippen MR) is 92.0 cm³/mol. The van der Waals surface area contributed by atoms with Crippen LogP contribution < -0.4 is 4.74 Å². The van der Waals surface area contributed by atoms with Gasteiger partial charge in [-0.25, -0.2) is 0 Å². The van der Waals surface area contributed by atoms with Crippen molar-refractivity contribution in [1.82, 2.24) is 0 Å². The van der Waals surface area contributed by atoms with Crippen LogP contribution in [-0.2, 0) is 6.61 Å². The molecule has 110 valence electrons. The fraction of sp³-hybridized carbons (Fsp3) is 0.0714. The van der Waals surface area contributed by atoms with Crippen LogP contribution in [0.5, 0.6) is 5.75 Å². The minimum atomic E-state index is 0.306. The fourth-order valence-electron chi connectivity index (χ4n) is 1.65. The lowest BCUT2D eigenvalue weighted by atomic mass is 10.2. The van der Waals surface area contributed by atoms with Gasteiger partial charge in [0.15, 0.2) is 0 Å². The number of oxime groups is 1. The number of nitrogens with zero attached hydrogens (tertiary/aromatic N) is 1. The van der Waals surface area contributed by atoms with Crippen molar-refractivity contribution >= 4 is 61.3 Å². The highest BCUT2D eigenvalue weighted by Crippen LogP contribution is 2.35. The maximum Gasteiger partial charge on any atom is 0.148 e. The molecule has 0 aliphatic carbocycles. The summed E-state index contributed by atoms with van der Waals surface area (Å²) in [4.78, 5) is 0. The van der Waals surface area contributed by atoms with Gasteiger partial charge in [0, 0.05) is 15.6 Å². The Bertz CT molecular complexity index is 670. The zero-order valence-electron chi connectivity index (χ0n) is 10.5. The number of benzene rings is 2. The first-order valence-corrected chi connectivity index (χ1v) is 8.08. The molecule has 0 bridgehead atoms. The fourth-order valence-corrected chi connectivity index (χ4v) is 3.56. The van der Waals surface area contributed by atoms with Gasteiger partial charge in [0.1, 0.15) is 12.4 Å². The van der Waals surface area contributed by atoms with Gasteiger partial charge >= 0.3 is 0 Å². The minimum absolute atomic E-state index is 0.306. The molecular weight excluding hydrogens is 445 g/mol. The maximum atomic E-state index is 8.56. The smallest absolute Gasteiger partial charge is 0.148 e. The van der Waals surface area contributed by atoms with Crippen molar-refractivity contribution in [2.75, 3.05) is 0 Å². The van der Waals surface area contributed by atoms with Crippen LogP contribution in [0.4, 0.5) is 0 Å². The van der Waals surface area contributed by atoms with Crippen molar-refractivity contribution in [1.29, 1.82) is 0 Å². The number of rotatable bonds is 4. The van der Waals surface area contributed by atoms with Crippen molar-refractivity contribution in [3.05, 3.63) is 60.4 Å². The Kier molecular flexibility index (Phi) is 5.93. The molecule has 2 aromatic carbocycles. The molecule has 0 spiro atoms. The van der Waals surface area contributed by atoms with E-state index in [9.17, 15) is 0 Å². The van der Waals surface area contributed by atoms with E-state index in [1.54, 1.807) is 24.3 Å². The van der Waals surface area contributed by atoms with E-state index in [2.05, 4.69) is 37.0 Å². The molecule has 0 atom stereocenters. The van der Waals surface area contributed by atoms with E-state index >= 15 is 0 Å². The summed E-state index contributed by atoms with van der Waals surface area (Å²) in [5, 5.41) is 12.7. The first kappa shape index (κ1) is 16.6. The second-order valence-electron chi connectivity index (χ2n) is 4.08. The van der Waals surface area contributed by atoms with Crippen molar-refractivity contribution in [2.45, 2.75) is 6.61 Å². The van der Waals surface area contributed by atoms with Crippen LogP contribution in [0.3, 0.4) is 0 Å². The molecule has 0 unspecified atom stereocenters. The number of hydrogen-bond acceptors (Lipinski definition) is 3. The Morgan fingerprint density at radius 3 is 2.38 bits per heavy atom. The molecule has 0 aromatic heterocycles. The first-order chi connectivity index (χ1) is 10.0. The second kappa shape index (κ2) is 7.49. The third-order valence-electron chi connectivity index (χ3n) is 2.61. The topological polar surface area (TPSA) is 41.8 Å². The van der Waals surface area contributed by atoms with Crippen LogP contribution in [-0.4, -0.2) is 11.4 Å². The molecule has 3 nitrogen and oxygen atoms in total. The third kappa shape index (κ3) is 4.36. The summed E-state index contributed by atoms with van der Waals surface area (Å²) in [7, 11) is 0. The van der Waals surface area contributed by atoms with Crippen LogP contribution in [0.2, 0.25) is 10.0 Å². The average molecular weight is 454 g/mol. The van der Waals surface area contributed by atoms with Gasteiger partial charge in [-0.05, 0) is 61.7 Å². The quantitative estimate of drug-likeness (QED) is 0.355. The molecule has 0 aliphatic heterocycles. The zero-order valence-corrected chi connectivity index (χ0v) is 15.2. The highest BCUT2D eigenvalue weighted by molar-refractivity contribution is 9.11. The predicted octanol–water partition coefficient (Wildman–Crippen LogP) is 5.91. The second-order valence-corrected chi connectivity index (χ2v) is 6.63. The van der Waals surface area contributed by atoms with Gasteiger partial charge in [-0.3, -0.25) is 0 Å². The average Bonchev–Trinajstić information content (AvgIpc) is 2.40. The molecule has 0 fully saturated rings. The third-order valence-corrected chi connectivity index (χ3v) is 4.38. The van der Waals surface area contributed by atoms with Gasteiger partial charge in [0.2, 0.25) is 0 Å². The summed E-state index contributed by atoms with van der Waals surface area (Å²) in [6.07, 6.45) is 1.33. The van der Waals surface area contributed by atoms with Crippen LogP contribution in [0.15, 0.2) is 44.4 Å². The first-order valence-electron chi connectivity index (χ1n) is 5.74. The summed E-state index contributed by atoms with van der Waals surface area (Å²) in [6.45, 7) is 0.306. The van der Waals surface area contributed by atoms with E-state index in [-0.39, 0.29) is 0 Å². The molecule has 0 heterocycles. The number of ether oxygens (including phenoxy) is 1. The monoisotopic (exact) mass is 451 g/mol. The summed E-state index contributed by atoms with van der Waals surface area (Å²) in [5.74, 6) is 0.635. The highest BCUT2D eigenvalue weighted by Gasteiger charge is 2.10. The standard InChI is InChI=1S/C14H9Br2Cl2NO2/c15-11-3-8(6-19-20)4-12(16)14(11)21-7-9-1-2-10(17)5-13(9)18/h1-6,20H,7H2/b19-6-. The summed E-state index contributed by atoms with van der Waals surface area (Å²) >= 11 is 18.8. The van der Waals surface area contributed by atoms with Gasteiger partial charge in [-0.2, -0.15) is 0 Å². The molecule has 0 saturated heterocycles. The zero-order chi connectivity index (χ0) is 15.4. The Balaban J connectivity index is 2.20. The normalized spacial score (nSPS) is 11.0. The molecule has 0 saturated carbocycles. The molecule has 0 aliphatic rings. The van der Waals surface area contributed by atoms with Crippen molar-refractivity contribution in [3.63, 3.8) is 0 Å². The van der Waals surface area contributed by atoms with E-state index in [0.29, 0.717) is 22.4 Å². The van der Waals surface area contributed by atoms with Crippen LogP contribution in [0, 0.1) is 0 Å². The Hall–Kier alpha value is -0.750. The summed E-state index contributed by atoms with van der Waals surface area (Å²) in [5.41, 5.74) is 1.56. The van der Waals surface area contributed by atoms with Crippen LogP contribution in [0.1, 0.15) is 11.1 Å². The lowest BCUT2D eigenvalue weighted by molar-refractivity contribution is 0.302. The van der Waals surface area contributed by atoms with Gasteiger partial charge in [0.05, 0.1) is 15.2 Å². The van der Waals surface area contributed by atoms with Gasteiger partial charge in [-0.1, -0.05) is 34.4 Å². The van der Waals surface area contributed by atoms with Crippen molar-refractivity contribution in [2.24, 2.45) is 5.16 Å². The molecule has 2 rings (SSSR count). The lowest BCUT2D eigenvalue weighted by Crippen LogP contribution is -1.98. The summed E-state index contributed by atoms with van der Waals surface area (Å²) in [6, 6.07) is 8.82. The molecule has 1 N–H and O–H groups in total. The molecule has 7 heteroatoms. The minimum Gasteiger partial charge on any atom is -0.486 e. The highest BCUT2D eigenvalue weighted by atomic mass is 79.9. The van der Waals surface area contributed by atoms with E-state index in [1.165, 1.54) is 6.21 Å². The molecular formula is C14H9Br2Cl2NO2. The number of hydrogen-bond donors (Lipinski definition) is 1. The van der Waals surface area contributed by atoms with Crippen molar-refractivity contribution < 1.29 is 9.94 Å². The largest absolute Gasteiger partial charge is 0.486 e. The Morgan fingerprint density at radius 2 is 1.81 bits per heavy atom. The van der Waals surface area contributed by atoms with Gasteiger partial charge in [-0.15, -0.1) is 0 Å². The van der Waals surface area contributed by atoms with Crippen molar-refractivity contribution in [3.8, 4) is 5.75 Å². The van der Waals surface area contributed by atoms with E-state index in [0.717, 1.165) is 20.1 Å². The van der Waals surface area contributed by atoms with E-state index in [4.69, 9.17) is 33.1 Å². The Morgan fingerprint density at radius 1 is 1.14 bits per heavy atom. The molecule has 0 radical (unpaired) electrons. The SMILES string of the molecule is O/N=C\c1cc(Br)c(OCc2ccc(Cl)cc2Cl)c(Br)c1. The van der Waals surface area contributed by atoms with Crippen LogP contribution in [0.25, 0.3) is 0 Å². The maximum absolute atomic E-state index is 8.56. The molecule has 21 heavy (non-hydrogen) atoms. The lowest BCUT2D eigenvalue weighted by Gasteiger charge is -2.12.